The topological polar surface area (TPSA) is 60.0 Å². The highest BCUT2D eigenvalue weighted by atomic mass is 16.5. The second-order valence-corrected chi connectivity index (χ2v) is 5.70. The molecule has 1 fully saturated rings. The average Bonchev–Trinajstić information content (AvgIpc) is 2.72. The summed E-state index contributed by atoms with van der Waals surface area (Å²) in [5.74, 6) is 0. The van der Waals surface area contributed by atoms with Crippen molar-refractivity contribution in [2.45, 2.75) is 25.1 Å². The Bertz CT molecular complexity index is 511. The van der Waals surface area contributed by atoms with Crippen LogP contribution in [0.2, 0.25) is 0 Å². The largest absolute Gasteiger partial charge is 0.619 e. The maximum Gasteiger partial charge on any atom is 0.322 e. The third kappa shape index (κ3) is 2.12. The van der Waals surface area contributed by atoms with Crippen LogP contribution in [0.3, 0.4) is 0 Å². The standard InChI is InChI=1S/C15H20N2O3/c1-12-11-15(18,13-5-3-2-4-6-13)14(17(12)19)16-7-9-20-10-8-16/h2-6,14,18H,7-11H2,1H3/p+1/t14-,15+/m0/s1. The number of ether oxygens (including phenoxy) is 1. The van der Waals surface area contributed by atoms with E-state index in [-0.39, 0.29) is 0 Å². The van der Waals surface area contributed by atoms with Gasteiger partial charge in [0.25, 0.3) is 0 Å². The van der Waals surface area contributed by atoms with Crippen LogP contribution in [0.15, 0.2) is 30.3 Å². The van der Waals surface area contributed by atoms with Crippen LogP contribution < -0.4 is 4.90 Å². The number of nitrogens with one attached hydrogen (secondary N) is 1. The van der Waals surface area contributed by atoms with E-state index in [0.717, 1.165) is 28.3 Å². The molecule has 0 aromatic heterocycles. The van der Waals surface area contributed by atoms with Crippen molar-refractivity contribution in [2.75, 3.05) is 26.3 Å². The SMILES string of the molecule is CC1=[N+]([O-])[C@H]([NH+]2CCOCC2)[C@](O)(c2ccccc2)C1. The Balaban J connectivity index is 1.97. The Kier molecular flexibility index (Phi) is 3.50. The minimum atomic E-state index is -1.11. The molecule has 0 aliphatic carbocycles. The summed E-state index contributed by atoms with van der Waals surface area (Å²) in [6.07, 6.45) is -0.0796. The van der Waals surface area contributed by atoms with Crippen LogP contribution in [-0.2, 0) is 10.3 Å². The van der Waals surface area contributed by atoms with Gasteiger partial charge in [-0.3, -0.25) is 4.90 Å². The molecule has 0 amide bonds. The number of morpholine rings is 1. The number of rotatable bonds is 2. The molecule has 0 bridgehead atoms. The number of benzene rings is 1. The molecule has 2 aliphatic heterocycles. The van der Waals surface area contributed by atoms with E-state index < -0.39 is 11.8 Å². The van der Waals surface area contributed by atoms with Crippen LogP contribution in [-0.4, -0.2) is 48.0 Å². The van der Waals surface area contributed by atoms with Gasteiger partial charge in [-0.05, 0) is 5.56 Å². The lowest BCUT2D eigenvalue weighted by Gasteiger charge is -2.34. The zero-order valence-electron chi connectivity index (χ0n) is 11.7. The van der Waals surface area contributed by atoms with Gasteiger partial charge in [0, 0.05) is 6.92 Å². The molecule has 20 heavy (non-hydrogen) atoms. The second-order valence-electron chi connectivity index (χ2n) is 5.70. The molecule has 1 aromatic rings. The molecule has 2 heterocycles. The second kappa shape index (κ2) is 5.16. The quantitative estimate of drug-likeness (QED) is 0.565. The van der Waals surface area contributed by atoms with E-state index in [9.17, 15) is 10.3 Å². The zero-order chi connectivity index (χ0) is 14.2. The van der Waals surface area contributed by atoms with Gasteiger partial charge >= 0.3 is 6.17 Å². The minimum absolute atomic E-state index is 0.398. The van der Waals surface area contributed by atoms with Crippen LogP contribution in [0, 0.1) is 5.21 Å². The maximum absolute atomic E-state index is 12.5. The Morgan fingerprint density at radius 2 is 1.95 bits per heavy atom. The zero-order valence-corrected chi connectivity index (χ0v) is 11.7. The maximum atomic E-state index is 12.5. The molecule has 3 rings (SSSR count). The molecule has 108 valence electrons. The first-order valence-corrected chi connectivity index (χ1v) is 7.12. The van der Waals surface area contributed by atoms with Gasteiger partial charge in [0.15, 0.2) is 5.71 Å². The monoisotopic (exact) mass is 277 g/mol. The number of hydrogen-bond acceptors (Lipinski definition) is 3. The van der Waals surface area contributed by atoms with Crippen LogP contribution in [0.4, 0.5) is 0 Å². The molecule has 1 aromatic carbocycles. The van der Waals surface area contributed by atoms with Crippen molar-refractivity contribution in [3.8, 4) is 0 Å². The molecule has 5 heteroatoms. The Morgan fingerprint density at radius 1 is 1.30 bits per heavy atom. The minimum Gasteiger partial charge on any atom is -0.619 e. The molecule has 2 N–H and O–H groups in total. The van der Waals surface area contributed by atoms with Gasteiger partial charge in [-0.1, -0.05) is 30.3 Å². The molecule has 1 saturated heterocycles. The Morgan fingerprint density at radius 3 is 2.60 bits per heavy atom. The summed E-state index contributed by atoms with van der Waals surface area (Å²) in [6, 6.07) is 9.53. The fourth-order valence-corrected chi connectivity index (χ4v) is 3.38. The summed E-state index contributed by atoms with van der Waals surface area (Å²) in [4.78, 5) is 1.11. The first-order chi connectivity index (χ1) is 9.63. The van der Waals surface area contributed by atoms with Crippen molar-refractivity contribution in [1.29, 1.82) is 0 Å². The van der Waals surface area contributed by atoms with E-state index in [1.807, 2.05) is 30.3 Å². The van der Waals surface area contributed by atoms with Crippen molar-refractivity contribution in [3.05, 3.63) is 41.1 Å². The first kappa shape index (κ1) is 13.5. The van der Waals surface area contributed by atoms with Crippen LogP contribution in [0.1, 0.15) is 18.9 Å². The van der Waals surface area contributed by atoms with Gasteiger partial charge < -0.3 is 15.1 Å². The number of hydroxylamine groups is 1. The van der Waals surface area contributed by atoms with Crippen LogP contribution in [0.5, 0.6) is 0 Å². The van der Waals surface area contributed by atoms with Gasteiger partial charge in [-0.15, -0.1) is 0 Å². The lowest BCUT2D eigenvalue weighted by Crippen LogP contribution is -3.20. The van der Waals surface area contributed by atoms with Crippen LogP contribution in [0.25, 0.3) is 0 Å². The number of nitrogens with zero attached hydrogens (tertiary/aromatic N) is 1. The molecule has 0 spiro atoms. The fourth-order valence-electron chi connectivity index (χ4n) is 3.38. The Hall–Kier alpha value is -1.43. The van der Waals surface area contributed by atoms with E-state index in [2.05, 4.69) is 0 Å². The third-order valence-electron chi connectivity index (χ3n) is 4.38. The summed E-state index contributed by atoms with van der Waals surface area (Å²) in [7, 11) is 0. The molecule has 0 saturated carbocycles. The highest BCUT2D eigenvalue weighted by Crippen LogP contribution is 2.33. The molecule has 0 unspecified atom stereocenters. The highest BCUT2D eigenvalue weighted by molar-refractivity contribution is 5.80. The van der Waals surface area contributed by atoms with Crippen molar-refractivity contribution in [1.82, 2.24) is 0 Å². The first-order valence-electron chi connectivity index (χ1n) is 7.12. The van der Waals surface area contributed by atoms with E-state index in [0.29, 0.717) is 25.3 Å². The van der Waals surface area contributed by atoms with Gasteiger partial charge in [-0.2, -0.15) is 4.74 Å². The van der Waals surface area contributed by atoms with E-state index in [4.69, 9.17) is 4.74 Å². The smallest absolute Gasteiger partial charge is 0.322 e. The lowest BCUT2D eigenvalue weighted by atomic mass is 9.87. The van der Waals surface area contributed by atoms with Gasteiger partial charge in [0.2, 0.25) is 5.60 Å². The summed E-state index contributed by atoms with van der Waals surface area (Å²) in [5.41, 5.74) is 0.404. The molecule has 0 radical (unpaired) electrons. The average molecular weight is 277 g/mol. The van der Waals surface area contributed by atoms with E-state index >= 15 is 0 Å². The van der Waals surface area contributed by atoms with Crippen molar-refractivity contribution in [3.63, 3.8) is 0 Å². The van der Waals surface area contributed by atoms with Crippen LogP contribution >= 0.6 is 0 Å². The number of aliphatic hydroxyl groups is 1. The number of quaternary nitrogens is 1. The van der Waals surface area contributed by atoms with Gasteiger partial charge in [0.1, 0.15) is 13.1 Å². The van der Waals surface area contributed by atoms with Crippen molar-refractivity contribution >= 4 is 5.71 Å². The molecular weight excluding hydrogens is 256 g/mol. The summed E-state index contributed by atoms with van der Waals surface area (Å²) in [6.45, 7) is 4.60. The van der Waals surface area contributed by atoms with Crippen molar-refractivity contribution < 1.29 is 19.5 Å². The Labute approximate surface area is 118 Å². The highest BCUT2D eigenvalue weighted by Gasteiger charge is 2.57. The number of hydrogen-bond donors (Lipinski definition) is 2. The lowest BCUT2D eigenvalue weighted by molar-refractivity contribution is -1.01. The van der Waals surface area contributed by atoms with E-state index in [1.165, 1.54) is 0 Å². The summed E-state index contributed by atoms with van der Waals surface area (Å²) < 4.78 is 6.37. The van der Waals surface area contributed by atoms with Gasteiger partial charge in [-0.25, -0.2) is 0 Å². The predicted molar refractivity (Wildman–Crippen MR) is 74.6 cm³/mol. The predicted octanol–water partition coefficient (Wildman–Crippen LogP) is -0.510. The summed E-state index contributed by atoms with van der Waals surface area (Å²) >= 11 is 0. The molecular formula is C15H21N2O3+. The normalized spacial score (nSPS) is 31.8. The molecule has 2 aliphatic rings. The molecule has 2 atom stereocenters. The van der Waals surface area contributed by atoms with Crippen molar-refractivity contribution in [2.24, 2.45) is 0 Å². The fraction of sp³-hybridized carbons (Fsp3) is 0.533. The molecule has 5 nitrogen and oxygen atoms in total. The van der Waals surface area contributed by atoms with Gasteiger partial charge in [0.05, 0.1) is 19.6 Å². The summed E-state index contributed by atoms with van der Waals surface area (Å²) in [5, 5.41) is 23.6. The third-order valence-corrected chi connectivity index (χ3v) is 4.38. The van der Waals surface area contributed by atoms with E-state index in [1.54, 1.807) is 6.92 Å².